The maximum absolute atomic E-state index is 12.6. The molecule has 4 N–H and O–H groups in total. The van der Waals surface area contributed by atoms with Crippen molar-refractivity contribution in [3.05, 3.63) is 0 Å². The highest BCUT2D eigenvalue weighted by molar-refractivity contribution is 7.47. The summed E-state index contributed by atoms with van der Waals surface area (Å²) in [6.45, 7) is 3.94. The lowest BCUT2D eigenvalue weighted by Gasteiger charge is -2.20. The Hall–Kier alpha value is -1.03. The van der Waals surface area contributed by atoms with Gasteiger partial charge in [-0.05, 0) is 12.8 Å². The third-order valence-electron chi connectivity index (χ3n) is 10.4. The van der Waals surface area contributed by atoms with Crippen LogP contribution >= 0.6 is 7.82 Å². The summed E-state index contributed by atoms with van der Waals surface area (Å²) in [5.41, 5.74) is 5.36. The number of unbranched alkanes of at least 4 members (excludes halogenated alkanes) is 31. The predicted molar refractivity (Wildman–Crippen MR) is 226 cm³/mol. The number of carbonyl (C=O) groups excluding carboxylic acids is 1. The molecule has 0 aromatic carbocycles. The topological polar surface area (TPSA) is 155 Å². The lowest BCUT2D eigenvalue weighted by molar-refractivity contribution is -0.154. The lowest BCUT2D eigenvalue weighted by Crippen LogP contribution is -2.34. The molecular formula is C44H88NO9P. The van der Waals surface area contributed by atoms with Crippen LogP contribution in [0.15, 0.2) is 0 Å². The van der Waals surface area contributed by atoms with E-state index in [9.17, 15) is 19.0 Å². The van der Waals surface area contributed by atoms with Gasteiger partial charge in [-0.3, -0.25) is 18.6 Å². The number of phosphoric acid groups is 1. The van der Waals surface area contributed by atoms with Gasteiger partial charge in [0.05, 0.1) is 19.8 Å². The Labute approximate surface area is 338 Å². The van der Waals surface area contributed by atoms with Crippen molar-refractivity contribution in [2.24, 2.45) is 5.73 Å². The fraction of sp³-hybridized carbons (Fsp3) is 0.955. The Morgan fingerprint density at radius 3 is 1.20 bits per heavy atom. The van der Waals surface area contributed by atoms with Crippen molar-refractivity contribution >= 4 is 19.8 Å². The van der Waals surface area contributed by atoms with E-state index in [0.717, 1.165) is 38.5 Å². The van der Waals surface area contributed by atoms with Gasteiger partial charge >= 0.3 is 19.8 Å². The first-order valence-corrected chi connectivity index (χ1v) is 24.6. The SMILES string of the molecule is CCCCCCCCCCCCCCCCCCCC(=O)O[C@H](COCCCCCCCCCCCCCCCCCC)COP(=O)(O)OC[C@H](N)C(=O)O. The van der Waals surface area contributed by atoms with Crippen molar-refractivity contribution in [2.75, 3.05) is 26.4 Å². The minimum Gasteiger partial charge on any atom is -0.480 e. The Bertz CT molecular complexity index is 893. The molecule has 0 bridgehead atoms. The molecule has 328 valence electrons. The minimum atomic E-state index is -4.61. The second kappa shape index (κ2) is 41.1. The summed E-state index contributed by atoms with van der Waals surface area (Å²) < 4.78 is 33.4. The van der Waals surface area contributed by atoms with E-state index in [4.69, 9.17) is 29.4 Å². The Kier molecular flexibility index (Phi) is 40.4. The second-order valence-corrected chi connectivity index (χ2v) is 17.4. The number of carboxylic acids is 1. The van der Waals surface area contributed by atoms with Crippen molar-refractivity contribution in [1.29, 1.82) is 0 Å². The molecule has 0 radical (unpaired) electrons. The Morgan fingerprint density at radius 2 is 0.836 bits per heavy atom. The number of nitrogens with two attached hydrogens (primary N) is 1. The van der Waals surface area contributed by atoms with E-state index in [2.05, 4.69) is 13.8 Å². The minimum absolute atomic E-state index is 0.0260. The maximum Gasteiger partial charge on any atom is 0.472 e. The molecular weight excluding hydrogens is 717 g/mol. The van der Waals surface area contributed by atoms with Crippen LogP contribution in [0.25, 0.3) is 0 Å². The van der Waals surface area contributed by atoms with Gasteiger partial charge in [-0.1, -0.05) is 213 Å². The molecule has 0 saturated carbocycles. The normalized spacial score (nSPS) is 13.8. The van der Waals surface area contributed by atoms with Crippen molar-refractivity contribution in [3.63, 3.8) is 0 Å². The lowest BCUT2D eigenvalue weighted by atomic mass is 10.0. The summed E-state index contributed by atoms with van der Waals surface area (Å²) in [6.07, 6.45) is 41.5. The average molecular weight is 806 g/mol. The van der Waals surface area contributed by atoms with Crippen LogP contribution in [0.5, 0.6) is 0 Å². The smallest absolute Gasteiger partial charge is 0.472 e. The first-order valence-electron chi connectivity index (χ1n) is 23.1. The summed E-state index contributed by atoms with van der Waals surface area (Å²) in [6, 6.07) is -1.47. The standard InChI is InChI=1S/C44H88NO9P/c1-3-5-7-9-11-13-15-17-19-21-22-24-26-28-30-32-34-36-43(46)54-41(39-52-55(49,50)53-40-42(45)44(47)48)38-51-37-35-33-31-29-27-25-23-20-18-16-14-12-10-8-6-4-2/h41-42H,3-40,45H2,1-2H3,(H,47,48)(H,49,50)/t41-,42+/m1/s1. The summed E-state index contributed by atoms with van der Waals surface area (Å²) in [7, 11) is -4.61. The maximum atomic E-state index is 12.6. The number of esters is 1. The van der Waals surface area contributed by atoms with Gasteiger partial charge in [0.1, 0.15) is 12.1 Å². The average Bonchev–Trinajstić information content (AvgIpc) is 3.16. The van der Waals surface area contributed by atoms with E-state index in [1.807, 2.05) is 0 Å². The molecule has 0 fully saturated rings. The van der Waals surface area contributed by atoms with Gasteiger partial charge in [0.15, 0.2) is 0 Å². The molecule has 1 unspecified atom stereocenters. The molecule has 0 aromatic heterocycles. The highest BCUT2D eigenvalue weighted by Crippen LogP contribution is 2.43. The Morgan fingerprint density at radius 1 is 0.509 bits per heavy atom. The van der Waals surface area contributed by atoms with E-state index in [1.165, 1.54) is 173 Å². The number of ether oxygens (including phenoxy) is 2. The number of hydrogen-bond donors (Lipinski definition) is 3. The van der Waals surface area contributed by atoms with E-state index in [0.29, 0.717) is 6.61 Å². The largest absolute Gasteiger partial charge is 0.480 e. The zero-order chi connectivity index (χ0) is 40.5. The highest BCUT2D eigenvalue weighted by atomic mass is 31.2. The number of phosphoric ester groups is 1. The molecule has 0 amide bonds. The monoisotopic (exact) mass is 806 g/mol. The van der Waals surface area contributed by atoms with Gasteiger partial charge in [-0.15, -0.1) is 0 Å². The number of carbonyl (C=O) groups is 2. The van der Waals surface area contributed by atoms with Gasteiger partial charge in [0.2, 0.25) is 0 Å². The van der Waals surface area contributed by atoms with Crippen LogP contribution in [0.4, 0.5) is 0 Å². The van der Waals surface area contributed by atoms with Crippen LogP contribution in [0.3, 0.4) is 0 Å². The van der Waals surface area contributed by atoms with Crippen LogP contribution in [0, 0.1) is 0 Å². The van der Waals surface area contributed by atoms with Crippen molar-refractivity contribution in [2.45, 2.75) is 244 Å². The van der Waals surface area contributed by atoms with Crippen molar-refractivity contribution in [1.82, 2.24) is 0 Å². The molecule has 0 aliphatic carbocycles. The quantitative estimate of drug-likeness (QED) is 0.0308. The zero-order valence-corrected chi connectivity index (χ0v) is 36.7. The van der Waals surface area contributed by atoms with Crippen molar-refractivity contribution < 1.29 is 42.7 Å². The van der Waals surface area contributed by atoms with Crippen LogP contribution in [-0.4, -0.2) is 60.5 Å². The number of carboxylic acid groups (broad SMARTS) is 1. The molecule has 0 saturated heterocycles. The van der Waals surface area contributed by atoms with E-state index < -0.39 is 45.1 Å². The van der Waals surface area contributed by atoms with Crippen LogP contribution in [0.1, 0.15) is 232 Å². The summed E-state index contributed by atoms with van der Waals surface area (Å²) in [4.78, 5) is 33.6. The molecule has 0 aromatic rings. The fourth-order valence-electron chi connectivity index (χ4n) is 6.78. The van der Waals surface area contributed by atoms with Crippen LogP contribution < -0.4 is 5.73 Å². The zero-order valence-electron chi connectivity index (χ0n) is 35.8. The Balaban J connectivity index is 4.15. The van der Waals surface area contributed by atoms with Crippen LogP contribution in [-0.2, 0) is 32.7 Å². The molecule has 0 rings (SSSR count). The third-order valence-corrected chi connectivity index (χ3v) is 11.3. The number of aliphatic carboxylic acids is 1. The molecule has 55 heavy (non-hydrogen) atoms. The third kappa shape index (κ3) is 40.9. The first kappa shape index (κ1) is 54.0. The first-order chi connectivity index (χ1) is 26.7. The molecule has 0 spiro atoms. The van der Waals surface area contributed by atoms with Gasteiger partial charge in [-0.25, -0.2) is 4.57 Å². The van der Waals surface area contributed by atoms with Gasteiger partial charge < -0.3 is 25.2 Å². The van der Waals surface area contributed by atoms with Gasteiger partial charge in [-0.2, -0.15) is 0 Å². The second-order valence-electron chi connectivity index (χ2n) is 15.9. The van der Waals surface area contributed by atoms with Gasteiger partial charge in [0.25, 0.3) is 0 Å². The fourth-order valence-corrected chi connectivity index (χ4v) is 7.56. The van der Waals surface area contributed by atoms with Crippen molar-refractivity contribution in [3.8, 4) is 0 Å². The van der Waals surface area contributed by atoms with E-state index in [1.54, 1.807) is 0 Å². The molecule has 0 heterocycles. The molecule has 3 atom stereocenters. The van der Waals surface area contributed by atoms with E-state index >= 15 is 0 Å². The summed E-state index contributed by atoms with van der Waals surface area (Å²) >= 11 is 0. The highest BCUT2D eigenvalue weighted by Gasteiger charge is 2.27. The molecule has 0 aliphatic heterocycles. The van der Waals surface area contributed by atoms with E-state index in [-0.39, 0.29) is 13.0 Å². The summed E-state index contributed by atoms with van der Waals surface area (Å²) in [5, 5.41) is 8.90. The number of hydrogen-bond acceptors (Lipinski definition) is 8. The molecule has 11 heteroatoms. The number of rotatable bonds is 45. The predicted octanol–water partition coefficient (Wildman–Crippen LogP) is 12.8. The summed E-state index contributed by atoms with van der Waals surface area (Å²) in [5.74, 6) is -1.76. The van der Waals surface area contributed by atoms with Crippen LogP contribution in [0.2, 0.25) is 0 Å². The van der Waals surface area contributed by atoms with Gasteiger partial charge in [0, 0.05) is 13.0 Å². The molecule has 0 aliphatic rings. The molecule has 10 nitrogen and oxygen atoms in total.